The summed E-state index contributed by atoms with van der Waals surface area (Å²) in [4.78, 5) is 26.7. The number of rotatable bonds is 7. The molecule has 1 fully saturated rings. The van der Waals surface area contributed by atoms with E-state index in [0.29, 0.717) is 31.0 Å². The summed E-state index contributed by atoms with van der Waals surface area (Å²) in [6.45, 7) is 7.37. The second-order valence-electron chi connectivity index (χ2n) is 8.29. The molecule has 1 heterocycles. The summed E-state index contributed by atoms with van der Waals surface area (Å²) in [6.07, 6.45) is 2.67. The summed E-state index contributed by atoms with van der Waals surface area (Å²) < 4.78 is 5.87. The zero-order valence-electron chi connectivity index (χ0n) is 18.5. The van der Waals surface area contributed by atoms with E-state index in [1.165, 1.54) is 0 Å². The van der Waals surface area contributed by atoms with Crippen LogP contribution < -0.4 is 10.1 Å². The van der Waals surface area contributed by atoms with Crippen LogP contribution in [-0.4, -0.2) is 42.5 Å². The normalized spacial score (nSPS) is 14.4. The topological polar surface area (TPSA) is 58.6 Å². The number of carbonyl (C=O) groups is 2. The molecule has 2 aromatic rings. The molecule has 2 aromatic carbocycles. The molecule has 1 aliphatic rings. The molecule has 0 atom stereocenters. The molecule has 3 rings (SSSR count). The number of carbonyl (C=O) groups excluding carboxylic acids is 2. The summed E-state index contributed by atoms with van der Waals surface area (Å²) in [6, 6.07) is 11.8. The van der Waals surface area contributed by atoms with E-state index in [1.54, 1.807) is 0 Å². The van der Waals surface area contributed by atoms with Crippen LogP contribution in [0.5, 0.6) is 5.75 Å². The smallest absolute Gasteiger partial charge is 0.260 e. The minimum atomic E-state index is -0.00665. The van der Waals surface area contributed by atoms with Gasteiger partial charge in [0, 0.05) is 30.6 Å². The van der Waals surface area contributed by atoms with Gasteiger partial charge in [0.25, 0.3) is 5.91 Å². The van der Waals surface area contributed by atoms with Gasteiger partial charge in [-0.05, 0) is 74.4 Å². The second-order valence-corrected chi connectivity index (χ2v) is 8.73. The monoisotopic (exact) mass is 442 g/mol. The number of likely N-dealkylation sites (tertiary alicyclic amines) is 1. The highest BCUT2D eigenvalue weighted by molar-refractivity contribution is 6.30. The van der Waals surface area contributed by atoms with E-state index in [0.717, 1.165) is 40.8 Å². The summed E-state index contributed by atoms with van der Waals surface area (Å²) in [5.41, 5.74) is 4.36. The van der Waals surface area contributed by atoms with E-state index in [-0.39, 0.29) is 24.5 Å². The van der Waals surface area contributed by atoms with Crippen molar-refractivity contribution in [3.05, 3.63) is 63.7 Å². The molecule has 1 N–H and O–H groups in total. The third-order valence-electron chi connectivity index (χ3n) is 5.98. The number of halogens is 1. The van der Waals surface area contributed by atoms with Gasteiger partial charge in [-0.3, -0.25) is 9.59 Å². The van der Waals surface area contributed by atoms with Crippen LogP contribution in [0.3, 0.4) is 0 Å². The number of nitrogens with one attached hydrogen (secondary N) is 1. The van der Waals surface area contributed by atoms with Gasteiger partial charge < -0.3 is 15.0 Å². The third-order valence-corrected chi connectivity index (χ3v) is 6.23. The molecule has 0 bridgehead atoms. The SMILES string of the molecule is Cc1ccc(C)c(OCC(=O)N2CCC(NC(=O)CCc3ccc(Cl)cc3)CC2)c1C. The number of aryl methyl sites for hydroxylation is 3. The summed E-state index contributed by atoms with van der Waals surface area (Å²) >= 11 is 5.89. The van der Waals surface area contributed by atoms with Crippen LogP contribution in [0.25, 0.3) is 0 Å². The molecule has 0 aromatic heterocycles. The molecule has 2 amide bonds. The van der Waals surface area contributed by atoms with Crippen molar-refractivity contribution in [1.29, 1.82) is 0 Å². The first-order valence-corrected chi connectivity index (χ1v) is 11.2. The summed E-state index contributed by atoms with van der Waals surface area (Å²) in [7, 11) is 0. The molecule has 166 valence electrons. The van der Waals surface area contributed by atoms with Crippen molar-refractivity contribution in [2.75, 3.05) is 19.7 Å². The van der Waals surface area contributed by atoms with Gasteiger partial charge in [0.15, 0.2) is 6.61 Å². The van der Waals surface area contributed by atoms with Crippen LogP contribution in [-0.2, 0) is 16.0 Å². The Hall–Kier alpha value is -2.53. The minimum absolute atomic E-state index is 0.00665. The van der Waals surface area contributed by atoms with E-state index in [1.807, 2.05) is 56.0 Å². The Morgan fingerprint density at radius 3 is 2.35 bits per heavy atom. The van der Waals surface area contributed by atoms with Crippen LogP contribution >= 0.6 is 11.6 Å². The lowest BCUT2D eigenvalue weighted by Gasteiger charge is -2.32. The molecule has 1 aliphatic heterocycles. The summed E-state index contributed by atoms with van der Waals surface area (Å²) in [5.74, 6) is 0.845. The summed E-state index contributed by atoms with van der Waals surface area (Å²) in [5, 5.41) is 3.80. The first kappa shape index (κ1) is 23.1. The van der Waals surface area contributed by atoms with Gasteiger partial charge in [-0.1, -0.05) is 35.9 Å². The first-order chi connectivity index (χ1) is 14.8. The number of ether oxygens (including phenoxy) is 1. The maximum Gasteiger partial charge on any atom is 0.260 e. The Morgan fingerprint density at radius 2 is 1.68 bits per heavy atom. The average Bonchev–Trinajstić information content (AvgIpc) is 2.76. The number of amides is 2. The molecule has 1 saturated heterocycles. The number of benzene rings is 2. The van der Waals surface area contributed by atoms with E-state index in [4.69, 9.17) is 16.3 Å². The molecule has 0 saturated carbocycles. The molecular weight excluding hydrogens is 412 g/mol. The fourth-order valence-electron chi connectivity index (χ4n) is 3.85. The van der Waals surface area contributed by atoms with Crippen LogP contribution in [0.15, 0.2) is 36.4 Å². The maximum atomic E-state index is 12.6. The fraction of sp³-hybridized carbons (Fsp3) is 0.440. The Kier molecular flexibility index (Phi) is 7.97. The highest BCUT2D eigenvalue weighted by Crippen LogP contribution is 2.25. The molecule has 5 nitrogen and oxygen atoms in total. The second kappa shape index (κ2) is 10.7. The fourth-order valence-corrected chi connectivity index (χ4v) is 3.98. The highest BCUT2D eigenvalue weighted by atomic mass is 35.5. The van der Waals surface area contributed by atoms with Gasteiger partial charge in [0.1, 0.15) is 5.75 Å². The third kappa shape index (κ3) is 6.47. The molecule has 0 spiro atoms. The number of piperidine rings is 1. The standard InChI is InChI=1S/C25H31ClN2O3/c1-17-4-5-18(2)25(19(17)3)31-16-24(30)28-14-12-22(13-15-28)27-23(29)11-8-20-6-9-21(26)10-7-20/h4-7,9-10,22H,8,11-16H2,1-3H3,(H,27,29). The van der Waals surface area contributed by atoms with Crippen molar-refractivity contribution in [2.45, 2.75) is 52.5 Å². The van der Waals surface area contributed by atoms with Gasteiger partial charge in [0.2, 0.25) is 5.91 Å². The van der Waals surface area contributed by atoms with Crippen LogP contribution in [0, 0.1) is 20.8 Å². The van der Waals surface area contributed by atoms with Gasteiger partial charge in [-0.15, -0.1) is 0 Å². The quantitative estimate of drug-likeness (QED) is 0.692. The molecule has 0 aliphatic carbocycles. The van der Waals surface area contributed by atoms with E-state index < -0.39 is 0 Å². The minimum Gasteiger partial charge on any atom is -0.483 e. The zero-order valence-corrected chi connectivity index (χ0v) is 19.3. The van der Waals surface area contributed by atoms with E-state index in [9.17, 15) is 9.59 Å². The van der Waals surface area contributed by atoms with Crippen molar-refractivity contribution in [3.63, 3.8) is 0 Å². The Balaban J connectivity index is 1.40. The lowest BCUT2D eigenvalue weighted by Crippen LogP contribution is -2.47. The highest BCUT2D eigenvalue weighted by Gasteiger charge is 2.24. The lowest BCUT2D eigenvalue weighted by atomic mass is 10.0. The predicted molar refractivity (Wildman–Crippen MR) is 124 cm³/mol. The van der Waals surface area contributed by atoms with E-state index >= 15 is 0 Å². The van der Waals surface area contributed by atoms with Crippen LogP contribution in [0.1, 0.15) is 41.5 Å². The molecular formula is C25H31ClN2O3. The number of hydrogen-bond acceptors (Lipinski definition) is 3. The zero-order chi connectivity index (χ0) is 22.4. The first-order valence-electron chi connectivity index (χ1n) is 10.8. The number of hydrogen-bond donors (Lipinski definition) is 1. The van der Waals surface area contributed by atoms with Crippen molar-refractivity contribution in [3.8, 4) is 5.75 Å². The Labute approximate surface area is 189 Å². The van der Waals surface area contributed by atoms with Crippen molar-refractivity contribution in [2.24, 2.45) is 0 Å². The van der Waals surface area contributed by atoms with Crippen LogP contribution in [0.4, 0.5) is 0 Å². The number of nitrogens with zero attached hydrogens (tertiary/aromatic N) is 1. The van der Waals surface area contributed by atoms with E-state index in [2.05, 4.69) is 11.4 Å². The maximum absolute atomic E-state index is 12.6. The largest absolute Gasteiger partial charge is 0.483 e. The predicted octanol–water partition coefficient (Wildman–Crippen LogP) is 4.38. The molecule has 0 radical (unpaired) electrons. The lowest BCUT2D eigenvalue weighted by molar-refractivity contribution is -0.134. The van der Waals surface area contributed by atoms with Gasteiger partial charge in [-0.25, -0.2) is 0 Å². The molecule has 31 heavy (non-hydrogen) atoms. The Morgan fingerprint density at radius 1 is 1.03 bits per heavy atom. The van der Waals surface area contributed by atoms with Crippen molar-refractivity contribution < 1.29 is 14.3 Å². The Bertz CT molecular complexity index is 919. The van der Waals surface area contributed by atoms with Crippen molar-refractivity contribution in [1.82, 2.24) is 10.2 Å². The molecule has 0 unspecified atom stereocenters. The molecule has 6 heteroatoms. The van der Waals surface area contributed by atoms with Crippen LogP contribution in [0.2, 0.25) is 5.02 Å². The van der Waals surface area contributed by atoms with Gasteiger partial charge >= 0.3 is 0 Å². The van der Waals surface area contributed by atoms with Crippen molar-refractivity contribution >= 4 is 23.4 Å². The average molecular weight is 443 g/mol. The van der Waals surface area contributed by atoms with Gasteiger partial charge in [0.05, 0.1) is 0 Å². The van der Waals surface area contributed by atoms with Gasteiger partial charge in [-0.2, -0.15) is 0 Å².